The van der Waals surface area contributed by atoms with E-state index in [4.69, 9.17) is 0 Å². The molecule has 0 saturated heterocycles. The predicted octanol–water partition coefficient (Wildman–Crippen LogP) is 2.71. The van der Waals surface area contributed by atoms with Crippen LogP contribution in [0.25, 0.3) is 0 Å². The van der Waals surface area contributed by atoms with E-state index in [2.05, 4.69) is 20.8 Å². The molecule has 2 amide bonds. The van der Waals surface area contributed by atoms with Gasteiger partial charge >= 0.3 is 0 Å². The van der Waals surface area contributed by atoms with Gasteiger partial charge in [0.05, 0.1) is 13.0 Å². The lowest BCUT2D eigenvalue weighted by Crippen LogP contribution is -2.24. The van der Waals surface area contributed by atoms with Gasteiger partial charge in [-0.3, -0.25) is 9.59 Å². The van der Waals surface area contributed by atoms with Crippen molar-refractivity contribution in [3.8, 4) is 0 Å². The first-order valence-corrected chi connectivity index (χ1v) is 8.88. The fourth-order valence-corrected chi connectivity index (χ4v) is 3.31. The number of carbonyl (C=O) groups is 2. The molecule has 0 aliphatic carbocycles. The third-order valence-electron chi connectivity index (χ3n) is 3.04. The molecule has 2 heterocycles. The molecule has 0 radical (unpaired) electrons. The lowest BCUT2D eigenvalue weighted by Gasteiger charge is -2.01. The second kappa shape index (κ2) is 7.80. The van der Waals surface area contributed by atoms with E-state index in [9.17, 15) is 9.59 Å². The van der Waals surface area contributed by atoms with Crippen LogP contribution in [0.1, 0.15) is 19.7 Å². The summed E-state index contributed by atoms with van der Waals surface area (Å²) in [5, 5.41) is 16.1. The SMILES string of the molecule is O=C(Cc1cccs1)NCc1nnc(C(=O)Nc2ccccc2)s1. The Morgan fingerprint density at radius 1 is 1.04 bits per heavy atom. The van der Waals surface area contributed by atoms with Gasteiger partial charge in [-0.25, -0.2) is 0 Å². The monoisotopic (exact) mass is 358 g/mol. The molecule has 0 aliphatic heterocycles. The highest BCUT2D eigenvalue weighted by Gasteiger charge is 2.13. The number of hydrogen-bond donors (Lipinski definition) is 2. The third-order valence-corrected chi connectivity index (χ3v) is 4.84. The molecule has 24 heavy (non-hydrogen) atoms. The van der Waals surface area contributed by atoms with Crippen molar-refractivity contribution in [2.45, 2.75) is 13.0 Å². The van der Waals surface area contributed by atoms with Gasteiger partial charge in [0.15, 0.2) is 0 Å². The van der Waals surface area contributed by atoms with E-state index in [0.717, 1.165) is 16.2 Å². The number of aromatic nitrogens is 2. The molecule has 0 atom stereocenters. The molecule has 3 rings (SSSR count). The van der Waals surface area contributed by atoms with E-state index < -0.39 is 0 Å². The summed E-state index contributed by atoms with van der Waals surface area (Å²) in [4.78, 5) is 24.9. The molecule has 2 N–H and O–H groups in total. The van der Waals surface area contributed by atoms with E-state index in [1.807, 2.05) is 35.7 Å². The lowest BCUT2D eigenvalue weighted by molar-refractivity contribution is -0.120. The number of hydrogen-bond acceptors (Lipinski definition) is 6. The van der Waals surface area contributed by atoms with E-state index in [1.54, 1.807) is 23.5 Å². The standard InChI is InChI=1S/C16H14N4O2S2/c21-13(9-12-7-4-8-23-12)17-10-14-19-20-16(24-14)15(22)18-11-5-2-1-3-6-11/h1-8H,9-10H2,(H,17,21)(H,18,22). The Balaban J connectivity index is 1.51. The van der Waals surface area contributed by atoms with Crippen LogP contribution in [0.4, 0.5) is 5.69 Å². The summed E-state index contributed by atoms with van der Waals surface area (Å²) in [6.45, 7) is 0.264. The molecule has 6 nitrogen and oxygen atoms in total. The predicted molar refractivity (Wildman–Crippen MR) is 94.2 cm³/mol. The van der Waals surface area contributed by atoms with Gasteiger partial charge in [0.2, 0.25) is 10.9 Å². The zero-order valence-electron chi connectivity index (χ0n) is 12.6. The van der Waals surface area contributed by atoms with E-state index in [-0.39, 0.29) is 23.4 Å². The van der Waals surface area contributed by atoms with Crippen molar-refractivity contribution in [3.63, 3.8) is 0 Å². The Labute approximate surface area is 146 Å². The fraction of sp³-hybridized carbons (Fsp3) is 0.125. The Kier molecular flexibility index (Phi) is 5.29. The van der Waals surface area contributed by atoms with Gasteiger partial charge in [0.1, 0.15) is 5.01 Å². The highest BCUT2D eigenvalue weighted by atomic mass is 32.1. The van der Waals surface area contributed by atoms with Crippen molar-refractivity contribution in [3.05, 3.63) is 62.7 Å². The number of anilines is 1. The van der Waals surface area contributed by atoms with Crippen LogP contribution < -0.4 is 10.6 Å². The third kappa shape index (κ3) is 4.46. The maximum Gasteiger partial charge on any atom is 0.286 e. The van der Waals surface area contributed by atoms with E-state index in [1.165, 1.54) is 0 Å². The largest absolute Gasteiger partial charge is 0.349 e. The number of para-hydroxylation sites is 1. The first-order valence-electron chi connectivity index (χ1n) is 7.18. The number of nitrogens with zero attached hydrogens (tertiary/aromatic N) is 2. The molecule has 0 bridgehead atoms. The highest BCUT2D eigenvalue weighted by molar-refractivity contribution is 7.13. The van der Waals surface area contributed by atoms with Gasteiger partial charge in [-0.05, 0) is 23.6 Å². The van der Waals surface area contributed by atoms with Gasteiger partial charge in [0, 0.05) is 10.6 Å². The number of nitrogens with one attached hydrogen (secondary N) is 2. The molecular weight excluding hydrogens is 344 g/mol. The second-order valence-electron chi connectivity index (χ2n) is 4.85. The number of carbonyl (C=O) groups excluding carboxylic acids is 2. The van der Waals surface area contributed by atoms with Crippen LogP contribution in [0.3, 0.4) is 0 Å². The average molecular weight is 358 g/mol. The van der Waals surface area contributed by atoms with Gasteiger partial charge in [-0.15, -0.1) is 21.5 Å². The number of thiophene rings is 1. The quantitative estimate of drug-likeness (QED) is 0.710. The number of benzene rings is 1. The smallest absolute Gasteiger partial charge is 0.286 e. The molecule has 0 fully saturated rings. The Bertz CT molecular complexity index is 816. The van der Waals surface area contributed by atoms with Crippen molar-refractivity contribution in [2.75, 3.05) is 5.32 Å². The molecule has 0 unspecified atom stereocenters. The summed E-state index contributed by atoms with van der Waals surface area (Å²) in [5.41, 5.74) is 0.698. The van der Waals surface area contributed by atoms with Crippen LogP contribution in [0.5, 0.6) is 0 Å². The molecule has 0 aliphatic rings. The molecule has 0 saturated carbocycles. The Morgan fingerprint density at radius 2 is 1.88 bits per heavy atom. The summed E-state index contributed by atoms with van der Waals surface area (Å²) in [6, 6.07) is 13.0. The van der Waals surface area contributed by atoms with Crippen molar-refractivity contribution >= 4 is 40.2 Å². The van der Waals surface area contributed by atoms with Crippen LogP contribution in [0.2, 0.25) is 0 Å². The van der Waals surface area contributed by atoms with Crippen LogP contribution in [0.15, 0.2) is 47.8 Å². The van der Waals surface area contributed by atoms with Crippen molar-refractivity contribution in [1.29, 1.82) is 0 Å². The maximum atomic E-state index is 12.1. The van der Waals surface area contributed by atoms with Crippen LogP contribution in [0, 0.1) is 0 Å². The summed E-state index contributed by atoms with van der Waals surface area (Å²) in [5.74, 6) is -0.391. The van der Waals surface area contributed by atoms with Gasteiger partial charge in [0.25, 0.3) is 5.91 Å². The van der Waals surface area contributed by atoms with Gasteiger partial charge in [-0.2, -0.15) is 0 Å². The molecule has 2 aromatic heterocycles. The minimum absolute atomic E-state index is 0.0806. The molecule has 0 spiro atoms. The summed E-state index contributed by atoms with van der Waals surface area (Å²) >= 11 is 2.71. The van der Waals surface area contributed by atoms with E-state index in [0.29, 0.717) is 17.1 Å². The molecule has 8 heteroatoms. The van der Waals surface area contributed by atoms with E-state index >= 15 is 0 Å². The minimum atomic E-state index is -0.310. The fourth-order valence-electron chi connectivity index (χ4n) is 1.93. The van der Waals surface area contributed by atoms with Crippen molar-refractivity contribution in [1.82, 2.24) is 15.5 Å². The van der Waals surface area contributed by atoms with Gasteiger partial charge in [-0.1, -0.05) is 35.6 Å². The second-order valence-corrected chi connectivity index (χ2v) is 6.95. The summed E-state index contributed by atoms with van der Waals surface area (Å²) in [7, 11) is 0. The minimum Gasteiger partial charge on any atom is -0.349 e. The lowest BCUT2D eigenvalue weighted by atomic mass is 10.3. The summed E-state index contributed by atoms with van der Waals surface area (Å²) < 4.78 is 0. The molecular formula is C16H14N4O2S2. The maximum absolute atomic E-state index is 12.1. The molecule has 122 valence electrons. The van der Waals surface area contributed by atoms with Crippen LogP contribution in [-0.4, -0.2) is 22.0 Å². The van der Waals surface area contributed by atoms with Gasteiger partial charge < -0.3 is 10.6 Å². The van der Waals surface area contributed by atoms with Crippen molar-refractivity contribution < 1.29 is 9.59 Å². The first kappa shape index (κ1) is 16.3. The highest BCUT2D eigenvalue weighted by Crippen LogP contribution is 2.13. The normalized spacial score (nSPS) is 10.3. The molecule has 1 aromatic carbocycles. The number of amides is 2. The Morgan fingerprint density at radius 3 is 2.62 bits per heavy atom. The average Bonchev–Trinajstić information content (AvgIpc) is 3.25. The van der Waals surface area contributed by atoms with Crippen molar-refractivity contribution in [2.24, 2.45) is 0 Å². The zero-order chi connectivity index (χ0) is 16.8. The zero-order valence-corrected chi connectivity index (χ0v) is 14.2. The Hall–Kier alpha value is -2.58. The van der Waals surface area contributed by atoms with Crippen LogP contribution in [-0.2, 0) is 17.8 Å². The summed E-state index contributed by atoms with van der Waals surface area (Å²) in [6.07, 6.45) is 0.345. The van der Waals surface area contributed by atoms with Crippen LogP contribution >= 0.6 is 22.7 Å². The molecule has 3 aromatic rings. The topological polar surface area (TPSA) is 84.0 Å². The number of rotatable bonds is 6. The first-order chi connectivity index (χ1) is 11.7.